The molecule has 6 rings (SSSR count). The van der Waals surface area contributed by atoms with Crippen LogP contribution in [0.3, 0.4) is 0 Å². The SMILES string of the molecule is CC1C(c2ccc(C(=O)O)cc2)=CCC2(C)C1CCC1(C)C2CCC2C3CCC[C@]3(NC(=O)N(CCO)CCN(C)C)CC[C@]21C. The molecule has 254 valence electrons. The second-order valence-electron chi connectivity index (χ2n) is 16.9. The van der Waals surface area contributed by atoms with Crippen LogP contribution in [0.2, 0.25) is 0 Å². The molecule has 3 N–H and O–H groups in total. The number of nitrogens with one attached hydrogen (secondary N) is 1. The van der Waals surface area contributed by atoms with Crippen molar-refractivity contribution in [2.24, 2.45) is 45.8 Å². The van der Waals surface area contributed by atoms with Crippen molar-refractivity contribution in [1.82, 2.24) is 15.1 Å². The van der Waals surface area contributed by atoms with Crippen molar-refractivity contribution < 1.29 is 19.8 Å². The number of hydrogen-bond acceptors (Lipinski definition) is 4. The van der Waals surface area contributed by atoms with Gasteiger partial charge < -0.3 is 25.3 Å². The van der Waals surface area contributed by atoms with Crippen molar-refractivity contribution in [2.45, 2.75) is 97.4 Å². The Labute approximate surface area is 277 Å². The van der Waals surface area contributed by atoms with E-state index in [0.29, 0.717) is 48.2 Å². The maximum atomic E-state index is 13.7. The summed E-state index contributed by atoms with van der Waals surface area (Å²) in [5.41, 5.74) is 3.57. The maximum Gasteiger partial charge on any atom is 0.335 e. The van der Waals surface area contributed by atoms with Gasteiger partial charge in [-0.05, 0) is 141 Å². The molecule has 2 amide bonds. The monoisotopic (exact) mass is 633 g/mol. The Morgan fingerprint density at radius 2 is 1.61 bits per heavy atom. The zero-order chi connectivity index (χ0) is 33.1. The largest absolute Gasteiger partial charge is 0.478 e. The number of carboxylic acid groups (broad SMARTS) is 1. The van der Waals surface area contributed by atoms with Crippen molar-refractivity contribution in [3.05, 3.63) is 41.5 Å². The van der Waals surface area contributed by atoms with Gasteiger partial charge in [-0.2, -0.15) is 0 Å². The van der Waals surface area contributed by atoms with Crippen LogP contribution in [0.4, 0.5) is 4.79 Å². The number of aromatic carboxylic acids is 1. The quantitative estimate of drug-likeness (QED) is 0.283. The molecule has 0 saturated heterocycles. The highest BCUT2D eigenvalue weighted by Crippen LogP contribution is 2.75. The second kappa shape index (κ2) is 12.3. The van der Waals surface area contributed by atoms with Crippen molar-refractivity contribution >= 4 is 17.6 Å². The number of amides is 2. The number of hydrogen-bond donors (Lipinski definition) is 3. The van der Waals surface area contributed by atoms with Crippen LogP contribution in [0.25, 0.3) is 5.57 Å². The standard InChI is InChI=1S/C39H59N3O4/c1-26-29(27-9-11-28(12-10-27)34(44)45)15-18-36(2)30(26)16-19-38(4)33(36)14-13-31-32-8-7-17-39(32,21-20-37(31,38)3)40-35(46)42(24-25-43)23-22-41(5)6/h9-12,15,26,30-33,43H,7-8,13-14,16-25H2,1-6H3,(H,40,46)(H,44,45)/t26?,30?,31?,32?,33?,36?,37-,38?,39+/m1/s1. The van der Waals surface area contributed by atoms with Crippen LogP contribution in [0.15, 0.2) is 30.3 Å². The molecule has 0 aliphatic heterocycles. The van der Waals surface area contributed by atoms with Gasteiger partial charge in [-0.25, -0.2) is 9.59 Å². The number of carbonyl (C=O) groups is 2. The number of aliphatic hydroxyl groups excluding tert-OH is 1. The molecule has 1 aromatic rings. The van der Waals surface area contributed by atoms with Gasteiger partial charge in [-0.1, -0.05) is 52.3 Å². The number of nitrogens with zero attached hydrogens (tertiary/aromatic N) is 2. The molecular formula is C39H59N3O4. The minimum Gasteiger partial charge on any atom is -0.478 e. The molecule has 4 fully saturated rings. The Morgan fingerprint density at radius 1 is 0.870 bits per heavy atom. The summed E-state index contributed by atoms with van der Waals surface area (Å²) in [7, 11) is 4.05. The van der Waals surface area contributed by atoms with Crippen molar-refractivity contribution in [2.75, 3.05) is 40.3 Å². The van der Waals surface area contributed by atoms with E-state index in [2.05, 4.69) is 44.0 Å². The lowest BCUT2D eigenvalue weighted by Gasteiger charge is -2.71. The Hall–Kier alpha value is -2.38. The van der Waals surface area contributed by atoms with Crippen LogP contribution in [-0.2, 0) is 0 Å². The van der Waals surface area contributed by atoms with Crippen LogP contribution < -0.4 is 5.32 Å². The Morgan fingerprint density at radius 3 is 2.28 bits per heavy atom. The molecule has 0 radical (unpaired) electrons. The van der Waals surface area contributed by atoms with Crippen LogP contribution in [0, 0.1) is 45.8 Å². The molecule has 7 heteroatoms. The third-order valence-electron chi connectivity index (χ3n) is 14.9. The summed E-state index contributed by atoms with van der Waals surface area (Å²) in [6.07, 6.45) is 14.3. The first-order valence-electron chi connectivity index (χ1n) is 18.2. The number of fused-ring (bicyclic) bond motifs is 7. The number of urea groups is 1. The Bertz CT molecular complexity index is 1340. The first kappa shape index (κ1) is 33.5. The molecule has 9 atom stereocenters. The first-order chi connectivity index (χ1) is 21.8. The number of benzene rings is 1. The Kier molecular flexibility index (Phi) is 8.93. The van der Waals surface area contributed by atoms with Gasteiger partial charge >= 0.3 is 12.0 Å². The van der Waals surface area contributed by atoms with Crippen molar-refractivity contribution in [1.29, 1.82) is 0 Å². The van der Waals surface area contributed by atoms with Crippen LogP contribution >= 0.6 is 0 Å². The van der Waals surface area contributed by atoms with E-state index in [1.807, 2.05) is 31.1 Å². The molecule has 0 bridgehead atoms. The smallest absolute Gasteiger partial charge is 0.335 e. The molecule has 7 unspecified atom stereocenters. The average Bonchev–Trinajstić information content (AvgIpc) is 3.43. The van der Waals surface area contributed by atoms with E-state index in [-0.39, 0.29) is 34.4 Å². The fourth-order valence-electron chi connectivity index (χ4n) is 12.3. The molecule has 0 aromatic heterocycles. The number of rotatable bonds is 8. The zero-order valence-corrected chi connectivity index (χ0v) is 29.3. The number of allylic oxidation sites excluding steroid dienone is 2. The molecule has 46 heavy (non-hydrogen) atoms. The highest BCUT2D eigenvalue weighted by atomic mass is 16.4. The second-order valence-corrected chi connectivity index (χ2v) is 16.9. The maximum absolute atomic E-state index is 13.7. The van der Waals surface area contributed by atoms with Crippen molar-refractivity contribution in [3.63, 3.8) is 0 Å². The van der Waals surface area contributed by atoms with Gasteiger partial charge in [-0.3, -0.25) is 0 Å². The van der Waals surface area contributed by atoms with Gasteiger partial charge in [0.1, 0.15) is 0 Å². The molecule has 4 saturated carbocycles. The summed E-state index contributed by atoms with van der Waals surface area (Å²) in [5.74, 6) is 2.02. The third kappa shape index (κ3) is 5.23. The summed E-state index contributed by atoms with van der Waals surface area (Å²) in [6, 6.07) is 7.53. The number of likely N-dealkylation sites (N-methyl/N-ethyl adjacent to an activating group) is 1. The summed E-state index contributed by atoms with van der Waals surface area (Å²) >= 11 is 0. The van der Waals surface area contributed by atoms with E-state index in [1.165, 1.54) is 56.1 Å². The van der Waals surface area contributed by atoms with Crippen LogP contribution in [0.5, 0.6) is 0 Å². The van der Waals surface area contributed by atoms with E-state index >= 15 is 0 Å². The number of carbonyl (C=O) groups excluding carboxylic acids is 1. The summed E-state index contributed by atoms with van der Waals surface area (Å²) in [4.78, 5) is 29.1. The highest BCUT2D eigenvalue weighted by Gasteiger charge is 2.68. The van der Waals surface area contributed by atoms with Gasteiger partial charge in [0.15, 0.2) is 0 Å². The highest BCUT2D eigenvalue weighted by molar-refractivity contribution is 5.88. The van der Waals surface area contributed by atoms with Gasteiger partial charge in [0.2, 0.25) is 0 Å². The number of aliphatic hydroxyl groups is 1. The molecule has 7 nitrogen and oxygen atoms in total. The summed E-state index contributed by atoms with van der Waals surface area (Å²) in [6.45, 7) is 12.1. The predicted octanol–water partition coefficient (Wildman–Crippen LogP) is 7.16. The minimum absolute atomic E-state index is 0.00991. The minimum atomic E-state index is -0.871. The van der Waals surface area contributed by atoms with Gasteiger partial charge in [0.05, 0.1) is 12.2 Å². The summed E-state index contributed by atoms with van der Waals surface area (Å²) < 4.78 is 0. The van der Waals surface area contributed by atoms with Crippen LogP contribution in [-0.4, -0.2) is 77.9 Å². The molecule has 5 aliphatic rings. The molecule has 0 heterocycles. The van der Waals surface area contributed by atoms with Gasteiger partial charge in [0.25, 0.3) is 0 Å². The topological polar surface area (TPSA) is 93.1 Å². The van der Waals surface area contributed by atoms with E-state index in [9.17, 15) is 19.8 Å². The molecule has 1 aromatic carbocycles. The first-order valence-corrected chi connectivity index (χ1v) is 18.2. The summed E-state index contributed by atoms with van der Waals surface area (Å²) in [5, 5.41) is 22.8. The lowest BCUT2D eigenvalue weighted by molar-refractivity contribution is -0.210. The van der Waals surface area contributed by atoms with Crippen molar-refractivity contribution in [3.8, 4) is 0 Å². The zero-order valence-electron chi connectivity index (χ0n) is 29.3. The third-order valence-corrected chi connectivity index (χ3v) is 14.9. The molecule has 0 spiro atoms. The molecule has 5 aliphatic carbocycles. The predicted molar refractivity (Wildman–Crippen MR) is 183 cm³/mol. The normalized spacial score (nSPS) is 39.8. The van der Waals surface area contributed by atoms with Gasteiger partial charge in [0, 0.05) is 25.2 Å². The fourth-order valence-corrected chi connectivity index (χ4v) is 12.3. The van der Waals surface area contributed by atoms with E-state index in [0.717, 1.165) is 25.8 Å². The Balaban J connectivity index is 1.23. The molecular weight excluding hydrogens is 574 g/mol. The lowest BCUT2D eigenvalue weighted by atomic mass is 9.34. The fraction of sp³-hybridized carbons (Fsp3) is 0.744. The lowest BCUT2D eigenvalue weighted by Crippen LogP contribution is -2.68. The van der Waals surface area contributed by atoms with E-state index in [1.54, 1.807) is 12.1 Å². The number of carboxylic acids is 1. The van der Waals surface area contributed by atoms with Crippen LogP contribution in [0.1, 0.15) is 108 Å². The van der Waals surface area contributed by atoms with Gasteiger partial charge in [-0.15, -0.1) is 0 Å². The average molecular weight is 634 g/mol. The van der Waals surface area contributed by atoms with E-state index in [4.69, 9.17) is 0 Å². The van der Waals surface area contributed by atoms with E-state index < -0.39 is 5.97 Å².